The summed E-state index contributed by atoms with van der Waals surface area (Å²) in [6.07, 6.45) is 6.07. The van der Waals surface area contributed by atoms with Gasteiger partial charge in [-0.2, -0.15) is 0 Å². The minimum Gasteiger partial charge on any atom is -0.448 e. The summed E-state index contributed by atoms with van der Waals surface area (Å²) in [6, 6.07) is 0. The van der Waals surface area contributed by atoms with Gasteiger partial charge in [0.1, 0.15) is 5.76 Å². The molecule has 0 atom stereocenters. The van der Waals surface area contributed by atoms with Crippen LogP contribution in [0.5, 0.6) is 0 Å². The molecule has 0 aliphatic rings. The average molecular weight is 181 g/mol. The fraction of sp³-hybridized carbons (Fsp3) is 0.727. The summed E-state index contributed by atoms with van der Waals surface area (Å²) in [7, 11) is 0. The molecule has 0 saturated heterocycles. The molecule has 1 aromatic rings. The molecule has 1 rings (SSSR count). The molecule has 0 aliphatic carbocycles. The molecular formula is C11H19NO. The molecule has 0 amide bonds. The molecule has 1 aromatic heterocycles. The zero-order chi connectivity index (χ0) is 9.68. The quantitative estimate of drug-likeness (QED) is 0.697. The number of aromatic nitrogens is 1. The lowest BCUT2D eigenvalue weighted by Gasteiger charge is -2.02. The smallest absolute Gasteiger partial charge is 0.181 e. The first-order chi connectivity index (χ1) is 6.24. The fourth-order valence-corrected chi connectivity index (χ4v) is 1.38. The molecule has 74 valence electrons. The lowest BCUT2D eigenvalue weighted by atomic mass is 10.1. The van der Waals surface area contributed by atoms with Gasteiger partial charge in [-0.25, -0.2) is 4.98 Å². The molecule has 0 aromatic carbocycles. The Labute approximate surface area is 80.4 Å². The number of nitrogens with zero attached hydrogens (tertiary/aromatic N) is 1. The van der Waals surface area contributed by atoms with E-state index in [1.165, 1.54) is 12.8 Å². The number of unbranched alkanes of at least 4 members (excludes halogenated alkanes) is 1. The second kappa shape index (κ2) is 5.05. The van der Waals surface area contributed by atoms with E-state index in [4.69, 9.17) is 4.42 Å². The highest BCUT2D eigenvalue weighted by Crippen LogP contribution is 2.14. The predicted octanol–water partition coefficient (Wildman–Crippen LogP) is 3.22. The van der Waals surface area contributed by atoms with Gasteiger partial charge in [0.15, 0.2) is 6.39 Å². The van der Waals surface area contributed by atoms with E-state index in [1.54, 1.807) is 6.39 Å². The van der Waals surface area contributed by atoms with Crippen molar-refractivity contribution in [2.45, 2.75) is 46.5 Å². The van der Waals surface area contributed by atoms with Crippen molar-refractivity contribution in [2.24, 2.45) is 5.92 Å². The van der Waals surface area contributed by atoms with Crippen molar-refractivity contribution >= 4 is 0 Å². The van der Waals surface area contributed by atoms with Crippen LogP contribution in [0.1, 0.15) is 45.1 Å². The standard InChI is InChI=1S/C11H19NO/c1-4-5-6-10-11(7-9(2)3)13-8-12-10/h8-9H,4-7H2,1-3H3. The SMILES string of the molecule is CCCCc1ncoc1CC(C)C. The largest absolute Gasteiger partial charge is 0.448 e. The molecule has 0 aliphatic heterocycles. The fourth-order valence-electron chi connectivity index (χ4n) is 1.38. The van der Waals surface area contributed by atoms with Gasteiger partial charge in [0, 0.05) is 6.42 Å². The Morgan fingerprint density at radius 2 is 2.23 bits per heavy atom. The number of hydrogen-bond acceptors (Lipinski definition) is 2. The van der Waals surface area contributed by atoms with E-state index < -0.39 is 0 Å². The Hall–Kier alpha value is -0.790. The van der Waals surface area contributed by atoms with Crippen LogP contribution in [-0.4, -0.2) is 4.98 Å². The van der Waals surface area contributed by atoms with Gasteiger partial charge in [0.25, 0.3) is 0 Å². The van der Waals surface area contributed by atoms with E-state index in [9.17, 15) is 0 Å². The highest BCUT2D eigenvalue weighted by molar-refractivity contribution is 5.07. The third kappa shape index (κ3) is 3.21. The first kappa shape index (κ1) is 10.3. The van der Waals surface area contributed by atoms with Crippen LogP contribution in [0.4, 0.5) is 0 Å². The molecule has 0 N–H and O–H groups in total. The van der Waals surface area contributed by atoms with Gasteiger partial charge < -0.3 is 4.42 Å². The Morgan fingerprint density at radius 1 is 1.46 bits per heavy atom. The third-order valence-electron chi connectivity index (χ3n) is 2.09. The second-order valence-electron chi connectivity index (χ2n) is 3.92. The molecule has 0 bridgehead atoms. The lowest BCUT2D eigenvalue weighted by Crippen LogP contribution is -1.97. The molecule has 2 nitrogen and oxygen atoms in total. The van der Waals surface area contributed by atoms with Gasteiger partial charge in [0.2, 0.25) is 0 Å². The van der Waals surface area contributed by atoms with E-state index in [1.807, 2.05) is 0 Å². The zero-order valence-electron chi connectivity index (χ0n) is 8.84. The van der Waals surface area contributed by atoms with Gasteiger partial charge in [-0.05, 0) is 18.8 Å². The maximum absolute atomic E-state index is 5.36. The van der Waals surface area contributed by atoms with Crippen LogP contribution >= 0.6 is 0 Å². The first-order valence-electron chi connectivity index (χ1n) is 5.15. The minimum absolute atomic E-state index is 0.647. The van der Waals surface area contributed by atoms with E-state index in [0.717, 1.165) is 24.3 Å². The normalized spacial score (nSPS) is 11.1. The second-order valence-corrected chi connectivity index (χ2v) is 3.92. The number of oxazole rings is 1. The van der Waals surface area contributed by atoms with Crippen molar-refractivity contribution in [3.05, 3.63) is 17.8 Å². The molecule has 13 heavy (non-hydrogen) atoms. The summed E-state index contributed by atoms with van der Waals surface area (Å²) in [5, 5.41) is 0. The Morgan fingerprint density at radius 3 is 2.85 bits per heavy atom. The summed E-state index contributed by atoms with van der Waals surface area (Å²) >= 11 is 0. The van der Waals surface area contributed by atoms with Gasteiger partial charge in [-0.15, -0.1) is 0 Å². The zero-order valence-corrected chi connectivity index (χ0v) is 8.84. The third-order valence-corrected chi connectivity index (χ3v) is 2.09. The van der Waals surface area contributed by atoms with E-state index in [2.05, 4.69) is 25.8 Å². The van der Waals surface area contributed by atoms with Crippen LogP contribution in [0.25, 0.3) is 0 Å². The van der Waals surface area contributed by atoms with Crippen molar-refractivity contribution in [3.8, 4) is 0 Å². The first-order valence-corrected chi connectivity index (χ1v) is 5.15. The van der Waals surface area contributed by atoms with Gasteiger partial charge in [0.05, 0.1) is 5.69 Å². The highest BCUT2D eigenvalue weighted by Gasteiger charge is 2.08. The topological polar surface area (TPSA) is 26.0 Å². The van der Waals surface area contributed by atoms with Crippen molar-refractivity contribution < 1.29 is 4.42 Å². The maximum atomic E-state index is 5.36. The minimum atomic E-state index is 0.647. The average Bonchev–Trinajstić information content (AvgIpc) is 2.48. The van der Waals surface area contributed by atoms with Crippen molar-refractivity contribution in [3.63, 3.8) is 0 Å². The maximum Gasteiger partial charge on any atom is 0.181 e. The summed E-state index contributed by atoms with van der Waals surface area (Å²) in [5.41, 5.74) is 1.16. The monoisotopic (exact) mass is 181 g/mol. The van der Waals surface area contributed by atoms with Crippen LogP contribution in [0.3, 0.4) is 0 Å². The van der Waals surface area contributed by atoms with E-state index in [-0.39, 0.29) is 0 Å². The summed E-state index contributed by atoms with van der Waals surface area (Å²) < 4.78 is 5.36. The van der Waals surface area contributed by atoms with E-state index >= 15 is 0 Å². The summed E-state index contributed by atoms with van der Waals surface area (Å²) in [4.78, 5) is 4.24. The van der Waals surface area contributed by atoms with E-state index in [0.29, 0.717) is 5.92 Å². The highest BCUT2D eigenvalue weighted by atomic mass is 16.3. The van der Waals surface area contributed by atoms with Crippen LogP contribution in [0.15, 0.2) is 10.8 Å². The molecular weight excluding hydrogens is 162 g/mol. The number of rotatable bonds is 5. The molecule has 0 radical (unpaired) electrons. The Balaban J connectivity index is 2.55. The number of aryl methyl sites for hydroxylation is 1. The summed E-state index contributed by atoms with van der Waals surface area (Å²) in [5.74, 6) is 1.73. The molecule has 0 saturated carbocycles. The van der Waals surface area contributed by atoms with Crippen molar-refractivity contribution in [2.75, 3.05) is 0 Å². The van der Waals surface area contributed by atoms with Crippen molar-refractivity contribution in [1.82, 2.24) is 4.98 Å². The van der Waals surface area contributed by atoms with Gasteiger partial charge in [-0.3, -0.25) is 0 Å². The van der Waals surface area contributed by atoms with Crippen LogP contribution < -0.4 is 0 Å². The Kier molecular flexibility index (Phi) is 4.00. The molecule has 1 heterocycles. The molecule has 0 spiro atoms. The molecule has 0 fully saturated rings. The van der Waals surface area contributed by atoms with Gasteiger partial charge in [-0.1, -0.05) is 27.2 Å². The Bertz CT molecular complexity index is 240. The van der Waals surface area contributed by atoms with Crippen molar-refractivity contribution in [1.29, 1.82) is 0 Å². The molecule has 0 unspecified atom stereocenters. The van der Waals surface area contributed by atoms with Gasteiger partial charge >= 0.3 is 0 Å². The lowest BCUT2D eigenvalue weighted by molar-refractivity contribution is 0.465. The predicted molar refractivity (Wildman–Crippen MR) is 53.7 cm³/mol. The van der Waals surface area contributed by atoms with Crippen LogP contribution in [-0.2, 0) is 12.8 Å². The van der Waals surface area contributed by atoms with Crippen LogP contribution in [0, 0.1) is 5.92 Å². The summed E-state index contributed by atoms with van der Waals surface area (Å²) in [6.45, 7) is 6.60. The molecule has 2 heteroatoms. The number of hydrogen-bond donors (Lipinski definition) is 0. The van der Waals surface area contributed by atoms with Crippen LogP contribution in [0.2, 0.25) is 0 Å².